The minimum atomic E-state index is -1.95. The van der Waals surface area contributed by atoms with Gasteiger partial charge in [-0.1, -0.05) is 52.0 Å². The molecule has 0 saturated carbocycles. The molecule has 2 saturated heterocycles. The fourth-order valence-corrected chi connectivity index (χ4v) is 14.3. The summed E-state index contributed by atoms with van der Waals surface area (Å²) in [7, 11) is 0. The molecule has 2 unspecified atom stereocenters. The van der Waals surface area contributed by atoms with E-state index in [0.29, 0.717) is 46.9 Å². The van der Waals surface area contributed by atoms with Crippen LogP contribution < -0.4 is 46.8 Å². The van der Waals surface area contributed by atoms with Gasteiger partial charge < -0.3 is 100 Å². The quantitative estimate of drug-likeness (QED) is 0.0113. The Hall–Kier alpha value is -9.77. The monoisotopic (exact) mass is 1520 g/mol. The Balaban J connectivity index is 0.630. The number of aliphatic hydroxyl groups is 5. The number of aliphatic hydroxyl groups excluding tert-OH is 4. The Morgan fingerprint density at radius 1 is 0.796 bits per heavy atom. The maximum absolute atomic E-state index is 13.9. The maximum atomic E-state index is 13.9. The van der Waals surface area contributed by atoms with Gasteiger partial charge in [-0.15, -0.1) is 11.8 Å². The van der Waals surface area contributed by atoms with Gasteiger partial charge in [0.1, 0.15) is 90.6 Å². The molecule has 0 radical (unpaired) electrons. The third kappa shape index (κ3) is 19.4. The van der Waals surface area contributed by atoms with Crippen LogP contribution >= 0.6 is 11.8 Å². The number of fused-ring (bicyclic) bond motifs is 5. The Bertz CT molecular complexity index is 4330. The van der Waals surface area contributed by atoms with E-state index in [1.165, 1.54) is 40.9 Å². The molecule has 31 nitrogen and oxygen atoms in total. The Labute approximate surface area is 625 Å². The number of hydrogen-bond donors (Lipinski definition) is 12. The number of pyridine rings is 2. The third-order valence-electron chi connectivity index (χ3n) is 19.3. The van der Waals surface area contributed by atoms with E-state index in [2.05, 4.69) is 21.3 Å². The van der Waals surface area contributed by atoms with Gasteiger partial charge in [0, 0.05) is 72.4 Å². The van der Waals surface area contributed by atoms with Crippen molar-refractivity contribution >= 4 is 75.7 Å². The zero-order valence-electron chi connectivity index (χ0n) is 60.3. The van der Waals surface area contributed by atoms with Crippen LogP contribution in [0.5, 0.6) is 28.7 Å². The molecule has 4 aliphatic heterocycles. The molecule has 10 rings (SSSR count). The lowest BCUT2D eigenvalue weighted by atomic mass is 9.86. The van der Waals surface area contributed by atoms with Crippen LogP contribution in [0.1, 0.15) is 123 Å². The zero-order chi connectivity index (χ0) is 77.5. The number of ketones is 1. The highest BCUT2D eigenvalue weighted by Crippen LogP contribution is 2.42. The van der Waals surface area contributed by atoms with Crippen LogP contribution in [0.4, 0.5) is 10.5 Å². The first kappa shape index (κ1) is 80.8. The number of esters is 1. The molecule has 7 amide bonds. The number of aryl methyl sites for hydroxylation is 2. The molecule has 108 heavy (non-hydrogen) atoms. The number of amides is 7. The molecular formula is C76H92N8O23S. The molecule has 6 aromatic rings. The number of Topliss-reactive ketones (excluding diaryl/α,β-unsaturated/α-hetero) is 1. The van der Waals surface area contributed by atoms with Crippen molar-refractivity contribution in [2.24, 2.45) is 11.7 Å². The maximum Gasteiger partial charge on any atom is 0.343 e. The summed E-state index contributed by atoms with van der Waals surface area (Å²) >= 11 is 1.28. The molecule has 0 spiro atoms. The summed E-state index contributed by atoms with van der Waals surface area (Å²) in [5.41, 5.74) is 8.73. The number of phenolic OH excluding ortho intramolecular Hbond substituents is 2. The summed E-state index contributed by atoms with van der Waals surface area (Å²) in [5, 5.41) is 84.2. The second kappa shape index (κ2) is 36.9. The number of primary amides is 1. The molecule has 9 atom stereocenters. The van der Waals surface area contributed by atoms with Gasteiger partial charge in [-0.05, 0) is 116 Å². The molecular weight excluding hydrogens is 1420 g/mol. The van der Waals surface area contributed by atoms with Crippen molar-refractivity contribution in [2.45, 2.75) is 165 Å². The van der Waals surface area contributed by atoms with Crippen LogP contribution in [0.25, 0.3) is 22.3 Å². The number of urea groups is 1. The molecule has 0 aliphatic carbocycles. The molecule has 580 valence electrons. The molecule has 2 fully saturated rings. The van der Waals surface area contributed by atoms with Crippen LogP contribution in [0.2, 0.25) is 0 Å². The predicted octanol–water partition coefficient (Wildman–Crippen LogP) is 3.78. The van der Waals surface area contributed by atoms with Gasteiger partial charge in [0.05, 0.1) is 67.3 Å². The fourth-order valence-electron chi connectivity index (χ4n) is 13.3. The Morgan fingerprint density at radius 2 is 1.53 bits per heavy atom. The van der Waals surface area contributed by atoms with Gasteiger partial charge in [0.25, 0.3) is 5.56 Å². The van der Waals surface area contributed by atoms with E-state index >= 15 is 0 Å². The van der Waals surface area contributed by atoms with E-state index in [4.69, 9.17) is 43.9 Å². The highest BCUT2D eigenvalue weighted by molar-refractivity contribution is 8.00. The van der Waals surface area contributed by atoms with Crippen molar-refractivity contribution in [3.05, 3.63) is 134 Å². The van der Waals surface area contributed by atoms with Crippen LogP contribution in [-0.2, 0) is 85.9 Å². The van der Waals surface area contributed by atoms with Crippen LogP contribution in [0.3, 0.4) is 0 Å². The number of thioether (sulfide) groups is 1. The average molecular weight is 1520 g/mol. The van der Waals surface area contributed by atoms with E-state index in [9.17, 15) is 78.9 Å². The number of aromatic nitrogens is 2. The number of nitrogens with one attached hydrogen (secondary N) is 4. The number of ether oxygens (including phenoxy) is 7. The lowest BCUT2D eigenvalue weighted by Gasteiger charge is -2.39. The lowest BCUT2D eigenvalue weighted by Crippen LogP contribution is -2.60. The van der Waals surface area contributed by atoms with Crippen molar-refractivity contribution in [3.63, 3.8) is 0 Å². The number of anilines is 1. The number of carbonyl (C=O) groups is 8. The fraction of sp³-hybridized carbons (Fsp3) is 0.474. The van der Waals surface area contributed by atoms with Gasteiger partial charge in [-0.25, -0.2) is 14.6 Å². The molecule has 2 aromatic heterocycles. The van der Waals surface area contributed by atoms with Gasteiger partial charge in [-0.2, -0.15) is 0 Å². The molecule has 4 aromatic carbocycles. The average Bonchev–Trinajstić information content (AvgIpc) is 1.53. The van der Waals surface area contributed by atoms with Crippen molar-refractivity contribution in [1.82, 2.24) is 30.4 Å². The minimum Gasteiger partial charge on any atom is -0.508 e. The number of nitrogens with two attached hydrogens (primary N) is 1. The van der Waals surface area contributed by atoms with E-state index in [1.54, 1.807) is 73.9 Å². The van der Waals surface area contributed by atoms with Gasteiger partial charge in [0.2, 0.25) is 35.8 Å². The molecule has 32 heteroatoms. The second-order valence-corrected chi connectivity index (χ2v) is 28.3. The number of rotatable bonds is 38. The minimum absolute atomic E-state index is 0.000445. The number of phenols is 2. The van der Waals surface area contributed by atoms with Crippen molar-refractivity contribution in [3.8, 4) is 40.1 Å². The third-order valence-corrected chi connectivity index (χ3v) is 20.5. The van der Waals surface area contributed by atoms with Crippen molar-refractivity contribution in [1.29, 1.82) is 0 Å². The number of unbranched alkanes of at least 4 members (excludes halogenated alkanes) is 1. The predicted molar refractivity (Wildman–Crippen MR) is 391 cm³/mol. The number of carbonyl (C=O) groups excluding carboxylic acids is 8. The first-order chi connectivity index (χ1) is 51.8. The number of hydrogen-bond acceptors (Lipinski definition) is 25. The smallest absolute Gasteiger partial charge is 0.343 e. The highest BCUT2D eigenvalue weighted by atomic mass is 32.2. The normalized spacial score (nSPS) is 19.9. The summed E-state index contributed by atoms with van der Waals surface area (Å²) in [4.78, 5) is 125. The van der Waals surface area contributed by atoms with E-state index in [1.807, 2.05) is 19.1 Å². The number of benzene rings is 4. The van der Waals surface area contributed by atoms with Crippen LogP contribution in [0.15, 0.2) is 89.7 Å². The first-order valence-corrected chi connectivity index (χ1v) is 37.0. The van der Waals surface area contributed by atoms with E-state index < -0.39 is 107 Å². The van der Waals surface area contributed by atoms with Gasteiger partial charge >= 0.3 is 12.0 Å². The Morgan fingerprint density at radius 3 is 2.24 bits per heavy atom. The van der Waals surface area contributed by atoms with Gasteiger partial charge in [-0.3, -0.25) is 38.5 Å². The highest BCUT2D eigenvalue weighted by Gasteiger charge is 2.47. The summed E-state index contributed by atoms with van der Waals surface area (Å²) in [6.45, 7) is 7.38. The number of cyclic esters (lactones) is 1. The standard InChI is InChI=1S/C76H92N8O23S/c1-5-48-49-32-46(21-22-53(49)80-65-50(48)37-84-55(65)35-52-51(71(84)96)40-105-74(98)76(52,100)6-2)104-39-43-12-17-44(18-13-43)79-69(94)54(10-9-24-78-75(77)99)81-70(95)64(41(3)4)82-61(89)11-7-8-25-83-62(90)36-60(72(83)97)108-31-30-102-27-26-101-28-29-103-47-33-57(88)63(56(87)23-16-42-14-19-45(86)20-15-42)58(34-47)106-73-68(93)67(92)66(91)59(38-85)107-73/h12-15,17-22,32-35,41,54,59-60,64,66-68,73,85-86,88,91-93,100H,5-11,16,23-31,36-40H2,1-4H3,(H,79,94)(H,81,95)(H,82,89)(H3,77,78,99)/t54?,59-,60?,64+,66-,67+,68-,73-,76+/m1/s1. The number of nitrogens with zero attached hydrogens (tertiary/aromatic N) is 3. The molecule has 4 aliphatic rings. The van der Waals surface area contributed by atoms with E-state index in [0.717, 1.165) is 27.6 Å². The number of likely N-dealkylation sites (tertiary alicyclic amines) is 1. The topological polar surface area (TPSA) is 455 Å². The molecule has 0 bridgehead atoms. The second-order valence-electron chi connectivity index (χ2n) is 27.0. The van der Waals surface area contributed by atoms with Crippen molar-refractivity contribution < 1.29 is 107 Å². The molecule has 6 heterocycles. The summed E-state index contributed by atoms with van der Waals surface area (Å²) in [5.74, 6) is -3.87. The zero-order valence-corrected chi connectivity index (χ0v) is 61.1. The first-order valence-electron chi connectivity index (χ1n) is 36.0. The summed E-state index contributed by atoms with van der Waals surface area (Å²) < 4.78 is 41.5. The van der Waals surface area contributed by atoms with Gasteiger partial charge in [0.15, 0.2) is 11.4 Å². The van der Waals surface area contributed by atoms with Crippen LogP contribution in [0, 0.1) is 5.92 Å². The van der Waals surface area contributed by atoms with E-state index in [-0.39, 0.29) is 169 Å². The summed E-state index contributed by atoms with van der Waals surface area (Å²) in [6, 6.07) is 19.9. The largest absolute Gasteiger partial charge is 0.508 e. The Kier molecular flexibility index (Phi) is 27.6. The lowest BCUT2D eigenvalue weighted by molar-refractivity contribution is -0.277. The molecule has 13 N–H and O–H groups in total. The van der Waals surface area contributed by atoms with Crippen molar-refractivity contribution in [2.75, 3.05) is 63.8 Å². The number of imide groups is 1. The number of aromatic hydroxyl groups is 2. The summed E-state index contributed by atoms with van der Waals surface area (Å²) in [6.07, 6.45) is -6.60. The van der Waals surface area contributed by atoms with Crippen LogP contribution in [-0.4, -0.2) is 204 Å². The SMILES string of the molecule is CCc1c2c(nc3ccc(OCc4ccc(NC(=O)C(CCCNC(N)=O)NC(=O)[C@@H](NC(=O)CCCCN5C(=O)CC(SCCOCCOCCOc6cc(O)c(C(=O)CCc7ccc(O)cc7)c(O[C@@H]7O[C@H](CO)[C@@H](O)[C@H](O)[C@H]7O)c6)C5=O)C(C)C)cc4)cc13)-c1cc3c(c(=O)n1C2)COC(=O)[C@]3(O)CC.